The molecule has 0 saturated carbocycles. The molecule has 0 saturated heterocycles. The van der Waals surface area contributed by atoms with E-state index in [0.29, 0.717) is 12.8 Å². The van der Waals surface area contributed by atoms with E-state index in [1.165, 1.54) is 0 Å². The van der Waals surface area contributed by atoms with Crippen LogP contribution in [0, 0.1) is 0 Å². The van der Waals surface area contributed by atoms with E-state index in [2.05, 4.69) is 25.5 Å². The Bertz CT molecular complexity index is 766. The fourth-order valence-corrected chi connectivity index (χ4v) is 3.03. The van der Waals surface area contributed by atoms with E-state index in [1.54, 1.807) is 0 Å². The maximum absolute atomic E-state index is 10.4. The number of fused-ring (bicyclic) bond motifs is 1. The number of aliphatic hydroxyl groups excluding tert-OH is 1. The summed E-state index contributed by atoms with van der Waals surface area (Å²) in [7, 11) is 2.00. The zero-order valence-electron chi connectivity index (χ0n) is 11.8. The Labute approximate surface area is 132 Å². The van der Waals surface area contributed by atoms with Crippen molar-refractivity contribution in [3.05, 3.63) is 64.4 Å². The van der Waals surface area contributed by atoms with Gasteiger partial charge in [-0.15, -0.1) is 0 Å². The molecule has 1 unspecified atom stereocenters. The van der Waals surface area contributed by atoms with Crippen molar-refractivity contribution >= 4 is 27.0 Å². The van der Waals surface area contributed by atoms with Crippen LogP contribution in [0.1, 0.15) is 11.4 Å². The van der Waals surface area contributed by atoms with Gasteiger partial charge < -0.3 is 9.67 Å². The summed E-state index contributed by atoms with van der Waals surface area (Å²) in [5.74, 6) is 0.913. The smallest absolute Gasteiger partial charge is 0.112 e. The molecule has 0 fully saturated rings. The molecule has 3 aromatic rings. The van der Waals surface area contributed by atoms with Gasteiger partial charge in [-0.2, -0.15) is 0 Å². The third-order valence-corrected chi connectivity index (χ3v) is 4.48. The number of benzene rings is 2. The number of para-hydroxylation sites is 2. The highest BCUT2D eigenvalue weighted by atomic mass is 79.9. The first-order chi connectivity index (χ1) is 10.1. The maximum atomic E-state index is 10.4. The third-order valence-electron chi connectivity index (χ3n) is 3.71. The summed E-state index contributed by atoms with van der Waals surface area (Å²) in [5, 5.41) is 10.4. The number of hydrogen-bond donors (Lipinski definition) is 1. The molecule has 1 atom stereocenters. The van der Waals surface area contributed by atoms with E-state index < -0.39 is 6.10 Å². The summed E-state index contributed by atoms with van der Waals surface area (Å²) < 4.78 is 3.09. The van der Waals surface area contributed by atoms with Crippen LogP contribution < -0.4 is 0 Å². The number of hydrogen-bond acceptors (Lipinski definition) is 2. The molecule has 3 rings (SSSR count). The van der Waals surface area contributed by atoms with Crippen LogP contribution in [0.25, 0.3) is 11.0 Å². The number of nitrogens with zero attached hydrogens (tertiary/aromatic N) is 2. The van der Waals surface area contributed by atoms with Gasteiger partial charge in [-0.3, -0.25) is 0 Å². The van der Waals surface area contributed by atoms with Crippen LogP contribution in [-0.2, 0) is 19.9 Å². The Morgan fingerprint density at radius 3 is 2.57 bits per heavy atom. The number of aliphatic hydroxyl groups is 1. The van der Waals surface area contributed by atoms with Gasteiger partial charge in [0.1, 0.15) is 5.82 Å². The van der Waals surface area contributed by atoms with Crippen LogP contribution >= 0.6 is 15.9 Å². The van der Waals surface area contributed by atoms with Crippen molar-refractivity contribution in [3.63, 3.8) is 0 Å². The number of aromatic nitrogens is 2. The lowest BCUT2D eigenvalue weighted by Gasteiger charge is -2.12. The van der Waals surface area contributed by atoms with Gasteiger partial charge in [-0.25, -0.2) is 4.98 Å². The van der Waals surface area contributed by atoms with E-state index in [-0.39, 0.29) is 0 Å². The summed E-state index contributed by atoms with van der Waals surface area (Å²) >= 11 is 3.52. The number of rotatable bonds is 4. The predicted molar refractivity (Wildman–Crippen MR) is 88.3 cm³/mol. The summed E-state index contributed by atoms with van der Waals surface area (Å²) in [6.07, 6.45) is 0.719. The van der Waals surface area contributed by atoms with E-state index in [1.807, 2.05) is 55.6 Å². The average molecular weight is 345 g/mol. The molecule has 4 heteroatoms. The minimum Gasteiger partial charge on any atom is -0.392 e. The normalized spacial score (nSPS) is 12.7. The number of imidazole rings is 1. The second-order valence-electron chi connectivity index (χ2n) is 5.23. The van der Waals surface area contributed by atoms with Crippen LogP contribution in [0.4, 0.5) is 0 Å². The van der Waals surface area contributed by atoms with Gasteiger partial charge in [-0.05, 0) is 30.2 Å². The minimum atomic E-state index is -0.445. The van der Waals surface area contributed by atoms with Gasteiger partial charge in [0.05, 0.1) is 17.1 Å². The van der Waals surface area contributed by atoms with E-state index in [9.17, 15) is 5.11 Å². The van der Waals surface area contributed by atoms with Gasteiger partial charge >= 0.3 is 0 Å². The van der Waals surface area contributed by atoms with Crippen LogP contribution in [0.2, 0.25) is 0 Å². The quantitative estimate of drug-likeness (QED) is 0.786. The van der Waals surface area contributed by atoms with Crippen molar-refractivity contribution in [3.8, 4) is 0 Å². The Kier molecular flexibility index (Phi) is 4.08. The molecule has 0 aliphatic heterocycles. The first kappa shape index (κ1) is 14.3. The summed E-state index contributed by atoms with van der Waals surface area (Å²) in [6.45, 7) is 0. The lowest BCUT2D eigenvalue weighted by molar-refractivity contribution is 0.172. The second-order valence-corrected chi connectivity index (χ2v) is 6.08. The van der Waals surface area contributed by atoms with Crippen molar-refractivity contribution in [1.29, 1.82) is 0 Å². The zero-order chi connectivity index (χ0) is 14.8. The molecule has 0 spiro atoms. The van der Waals surface area contributed by atoms with Crippen LogP contribution in [0.5, 0.6) is 0 Å². The monoisotopic (exact) mass is 344 g/mol. The molecule has 0 aliphatic carbocycles. The molecular weight excluding hydrogens is 328 g/mol. The topological polar surface area (TPSA) is 38.0 Å². The molecular formula is C17H17BrN2O. The minimum absolute atomic E-state index is 0.445. The molecule has 0 aliphatic rings. The molecule has 0 bridgehead atoms. The van der Waals surface area contributed by atoms with E-state index in [4.69, 9.17) is 0 Å². The highest BCUT2D eigenvalue weighted by Gasteiger charge is 2.14. The highest BCUT2D eigenvalue weighted by molar-refractivity contribution is 9.10. The standard InChI is InChI=1S/C17H17BrN2O/c1-20-16-9-5-4-8-15(16)19-17(20)11-13(21)10-12-6-2-3-7-14(12)18/h2-9,13,21H,10-11H2,1H3. The fourth-order valence-electron chi connectivity index (χ4n) is 2.58. The van der Waals surface area contributed by atoms with Gasteiger partial charge in [0.15, 0.2) is 0 Å². The molecule has 21 heavy (non-hydrogen) atoms. The maximum Gasteiger partial charge on any atom is 0.112 e. The molecule has 1 heterocycles. The van der Waals surface area contributed by atoms with Gasteiger partial charge in [0.2, 0.25) is 0 Å². The molecule has 0 amide bonds. The Morgan fingerprint density at radius 2 is 1.81 bits per heavy atom. The Balaban J connectivity index is 1.79. The lowest BCUT2D eigenvalue weighted by Crippen LogP contribution is -2.16. The molecule has 3 nitrogen and oxygen atoms in total. The van der Waals surface area contributed by atoms with E-state index >= 15 is 0 Å². The van der Waals surface area contributed by atoms with E-state index in [0.717, 1.165) is 26.9 Å². The molecule has 1 aromatic heterocycles. The van der Waals surface area contributed by atoms with Crippen LogP contribution in [0.15, 0.2) is 53.0 Å². The molecule has 2 aromatic carbocycles. The van der Waals surface area contributed by atoms with Crippen molar-refractivity contribution in [1.82, 2.24) is 9.55 Å². The zero-order valence-corrected chi connectivity index (χ0v) is 13.4. The van der Waals surface area contributed by atoms with Crippen LogP contribution in [-0.4, -0.2) is 20.8 Å². The second kappa shape index (κ2) is 6.00. The largest absolute Gasteiger partial charge is 0.392 e. The van der Waals surface area contributed by atoms with Crippen molar-refractivity contribution in [2.75, 3.05) is 0 Å². The molecule has 1 N–H and O–H groups in total. The highest BCUT2D eigenvalue weighted by Crippen LogP contribution is 2.20. The lowest BCUT2D eigenvalue weighted by atomic mass is 10.1. The van der Waals surface area contributed by atoms with Crippen molar-refractivity contribution in [2.24, 2.45) is 7.05 Å². The first-order valence-electron chi connectivity index (χ1n) is 6.97. The molecule has 108 valence electrons. The number of aryl methyl sites for hydroxylation is 1. The van der Waals surface area contributed by atoms with Crippen LogP contribution in [0.3, 0.4) is 0 Å². The number of halogens is 1. The Hall–Kier alpha value is -1.65. The Morgan fingerprint density at radius 1 is 1.10 bits per heavy atom. The SMILES string of the molecule is Cn1c(CC(O)Cc2ccccc2Br)nc2ccccc21. The summed E-state index contributed by atoms with van der Waals surface area (Å²) in [5.41, 5.74) is 3.19. The first-order valence-corrected chi connectivity index (χ1v) is 7.76. The fraction of sp³-hybridized carbons (Fsp3) is 0.235. The third kappa shape index (κ3) is 3.01. The van der Waals surface area contributed by atoms with Gasteiger partial charge in [0.25, 0.3) is 0 Å². The van der Waals surface area contributed by atoms with Crippen molar-refractivity contribution in [2.45, 2.75) is 18.9 Å². The summed E-state index contributed by atoms with van der Waals surface area (Å²) in [6, 6.07) is 16.0. The van der Waals surface area contributed by atoms with Gasteiger partial charge in [-0.1, -0.05) is 46.3 Å². The van der Waals surface area contributed by atoms with Crippen molar-refractivity contribution < 1.29 is 5.11 Å². The average Bonchev–Trinajstić information content (AvgIpc) is 2.78. The van der Waals surface area contributed by atoms with Gasteiger partial charge in [0, 0.05) is 17.9 Å². The summed E-state index contributed by atoms with van der Waals surface area (Å²) in [4.78, 5) is 4.61. The molecule has 0 radical (unpaired) electrons. The predicted octanol–water partition coefficient (Wildman–Crippen LogP) is 3.48.